The molecule has 0 atom stereocenters. The summed E-state index contributed by atoms with van der Waals surface area (Å²) in [6.45, 7) is 5.54. The van der Waals surface area contributed by atoms with Crippen LogP contribution in [-0.2, 0) is 9.59 Å². The van der Waals surface area contributed by atoms with Crippen molar-refractivity contribution in [2.45, 2.75) is 64.8 Å². The number of amides is 2. The lowest BCUT2D eigenvalue weighted by atomic mass is 9.88. The summed E-state index contributed by atoms with van der Waals surface area (Å²) >= 11 is 0. The van der Waals surface area contributed by atoms with Gasteiger partial charge in [0.2, 0.25) is 5.91 Å². The number of aryl methyl sites for hydroxylation is 2. The Morgan fingerprint density at radius 1 is 1.04 bits per heavy atom. The fourth-order valence-electron chi connectivity index (χ4n) is 4.00. The third kappa shape index (κ3) is 5.47. The van der Waals surface area contributed by atoms with E-state index in [2.05, 4.69) is 12.2 Å². The van der Waals surface area contributed by atoms with E-state index in [1.807, 2.05) is 30.0 Å². The number of carbonyl (C=O) groups excluding carboxylic acids is 2. The molecular formula is C22H32N2O3. The smallest absolute Gasteiger partial charge is 0.260 e. The van der Waals surface area contributed by atoms with E-state index in [1.54, 1.807) is 0 Å². The van der Waals surface area contributed by atoms with Crippen LogP contribution >= 0.6 is 0 Å². The van der Waals surface area contributed by atoms with Crippen LogP contribution in [0.5, 0.6) is 5.75 Å². The van der Waals surface area contributed by atoms with Crippen LogP contribution in [0.15, 0.2) is 18.2 Å². The van der Waals surface area contributed by atoms with Crippen LogP contribution in [0.4, 0.5) is 0 Å². The van der Waals surface area contributed by atoms with Gasteiger partial charge >= 0.3 is 0 Å². The first-order valence-electron chi connectivity index (χ1n) is 10.3. The maximum atomic E-state index is 12.4. The summed E-state index contributed by atoms with van der Waals surface area (Å²) in [5, 5.41) is 3.21. The summed E-state index contributed by atoms with van der Waals surface area (Å²) in [4.78, 5) is 26.6. The molecule has 1 N–H and O–H groups in total. The largest absolute Gasteiger partial charge is 0.484 e. The Kier molecular flexibility index (Phi) is 6.75. The van der Waals surface area contributed by atoms with Crippen LogP contribution in [0.3, 0.4) is 0 Å². The summed E-state index contributed by atoms with van der Waals surface area (Å²) in [5.41, 5.74) is 2.38. The second-order valence-corrected chi connectivity index (χ2v) is 8.03. The van der Waals surface area contributed by atoms with Gasteiger partial charge in [0.1, 0.15) is 5.75 Å². The van der Waals surface area contributed by atoms with E-state index < -0.39 is 0 Å². The molecule has 148 valence electrons. The number of hydrogen-bond donors (Lipinski definition) is 1. The van der Waals surface area contributed by atoms with E-state index in [1.165, 1.54) is 24.8 Å². The second kappa shape index (κ2) is 9.25. The molecule has 2 fully saturated rings. The quantitative estimate of drug-likeness (QED) is 0.862. The predicted octanol–water partition coefficient (Wildman–Crippen LogP) is 3.37. The standard InChI is InChI=1S/C22H32N2O3/c1-16-8-9-20(14-17(16)2)27-15-21(25)24-12-10-19(11-13-24)23-22(26)18-6-4-3-5-7-18/h8-9,14,18-19H,3-7,10-13,15H2,1-2H3,(H,23,26). The van der Waals surface area contributed by atoms with Gasteiger partial charge < -0.3 is 15.0 Å². The van der Waals surface area contributed by atoms with E-state index in [0.29, 0.717) is 13.1 Å². The average molecular weight is 373 g/mol. The Balaban J connectivity index is 1.39. The monoisotopic (exact) mass is 372 g/mol. The summed E-state index contributed by atoms with van der Waals surface area (Å²) in [7, 11) is 0. The molecule has 1 saturated carbocycles. The van der Waals surface area contributed by atoms with Gasteiger partial charge in [-0.15, -0.1) is 0 Å². The first-order valence-corrected chi connectivity index (χ1v) is 10.3. The molecule has 1 aliphatic heterocycles. The zero-order chi connectivity index (χ0) is 19.2. The van der Waals surface area contributed by atoms with Crippen molar-refractivity contribution in [1.29, 1.82) is 0 Å². The van der Waals surface area contributed by atoms with Gasteiger partial charge in [0, 0.05) is 25.0 Å². The van der Waals surface area contributed by atoms with Gasteiger partial charge in [0.15, 0.2) is 6.61 Å². The van der Waals surface area contributed by atoms with Crippen molar-refractivity contribution in [3.05, 3.63) is 29.3 Å². The molecular weight excluding hydrogens is 340 g/mol. The van der Waals surface area contributed by atoms with Crippen molar-refractivity contribution in [1.82, 2.24) is 10.2 Å². The van der Waals surface area contributed by atoms with Crippen molar-refractivity contribution in [2.75, 3.05) is 19.7 Å². The first-order chi connectivity index (χ1) is 13.0. The molecule has 0 aromatic heterocycles. The van der Waals surface area contributed by atoms with Gasteiger partial charge in [0.05, 0.1) is 0 Å². The minimum Gasteiger partial charge on any atom is -0.484 e. The predicted molar refractivity (Wildman–Crippen MR) is 106 cm³/mol. The minimum absolute atomic E-state index is 0.0188. The Morgan fingerprint density at radius 2 is 1.74 bits per heavy atom. The molecule has 27 heavy (non-hydrogen) atoms. The van der Waals surface area contributed by atoms with Crippen molar-refractivity contribution in [3.8, 4) is 5.75 Å². The molecule has 1 heterocycles. The molecule has 1 aromatic carbocycles. The molecule has 3 rings (SSSR count). The van der Waals surface area contributed by atoms with Crippen molar-refractivity contribution >= 4 is 11.8 Å². The number of nitrogens with one attached hydrogen (secondary N) is 1. The molecule has 5 nitrogen and oxygen atoms in total. The van der Waals surface area contributed by atoms with Crippen molar-refractivity contribution < 1.29 is 14.3 Å². The SMILES string of the molecule is Cc1ccc(OCC(=O)N2CCC(NC(=O)C3CCCCC3)CC2)cc1C. The topological polar surface area (TPSA) is 58.6 Å². The molecule has 5 heteroatoms. The van der Waals surface area contributed by atoms with Gasteiger partial charge in [-0.05, 0) is 62.8 Å². The first kappa shape index (κ1) is 19.7. The van der Waals surface area contributed by atoms with Gasteiger partial charge in [-0.2, -0.15) is 0 Å². The van der Waals surface area contributed by atoms with Crippen molar-refractivity contribution in [2.24, 2.45) is 5.92 Å². The van der Waals surface area contributed by atoms with E-state index >= 15 is 0 Å². The van der Waals surface area contributed by atoms with E-state index in [0.717, 1.165) is 37.0 Å². The summed E-state index contributed by atoms with van der Waals surface area (Å²) in [6.07, 6.45) is 7.31. The highest BCUT2D eigenvalue weighted by molar-refractivity contribution is 5.79. The Bertz CT molecular complexity index is 660. The molecule has 2 aliphatic rings. The average Bonchev–Trinajstić information content (AvgIpc) is 2.70. The molecule has 0 bridgehead atoms. The molecule has 1 saturated heterocycles. The molecule has 2 amide bonds. The van der Waals surface area contributed by atoms with Crippen LogP contribution in [0.1, 0.15) is 56.1 Å². The number of hydrogen-bond acceptors (Lipinski definition) is 3. The zero-order valence-corrected chi connectivity index (χ0v) is 16.6. The highest BCUT2D eigenvalue weighted by Crippen LogP contribution is 2.24. The van der Waals surface area contributed by atoms with Crippen LogP contribution < -0.4 is 10.1 Å². The fraction of sp³-hybridized carbons (Fsp3) is 0.636. The Morgan fingerprint density at radius 3 is 2.41 bits per heavy atom. The van der Waals surface area contributed by atoms with Gasteiger partial charge in [-0.3, -0.25) is 9.59 Å². The second-order valence-electron chi connectivity index (χ2n) is 8.03. The fourth-order valence-corrected chi connectivity index (χ4v) is 4.00. The number of likely N-dealkylation sites (tertiary alicyclic amines) is 1. The van der Waals surface area contributed by atoms with E-state index in [-0.39, 0.29) is 30.4 Å². The highest BCUT2D eigenvalue weighted by Gasteiger charge is 2.27. The molecule has 1 aromatic rings. The minimum atomic E-state index is 0.0188. The third-order valence-electron chi connectivity index (χ3n) is 6.01. The van der Waals surface area contributed by atoms with E-state index in [9.17, 15) is 9.59 Å². The van der Waals surface area contributed by atoms with Gasteiger partial charge in [-0.25, -0.2) is 0 Å². The number of nitrogens with zero attached hydrogens (tertiary/aromatic N) is 1. The Hall–Kier alpha value is -2.04. The molecule has 0 radical (unpaired) electrons. The van der Waals surface area contributed by atoms with Crippen LogP contribution in [0.25, 0.3) is 0 Å². The number of ether oxygens (including phenoxy) is 1. The maximum Gasteiger partial charge on any atom is 0.260 e. The molecule has 0 unspecified atom stereocenters. The van der Waals surface area contributed by atoms with Crippen LogP contribution in [0, 0.1) is 19.8 Å². The zero-order valence-electron chi connectivity index (χ0n) is 16.6. The number of rotatable bonds is 5. The summed E-state index contributed by atoms with van der Waals surface area (Å²) in [6, 6.07) is 6.08. The lowest BCUT2D eigenvalue weighted by Gasteiger charge is -2.33. The highest BCUT2D eigenvalue weighted by atomic mass is 16.5. The number of carbonyl (C=O) groups is 2. The van der Waals surface area contributed by atoms with Crippen LogP contribution in [0.2, 0.25) is 0 Å². The molecule has 0 spiro atoms. The lowest BCUT2D eigenvalue weighted by Crippen LogP contribution is -2.48. The Labute approximate surface area is 162 Å². The number of benzene rings is 1. The maximum absolute atomic E-state index is 12.4. The third-order valence-corrected chi connectivity index (χ3v) is 6.01. The summed E-state index contributed by atoms with van der Waals surface area (Å²) in [5.74, 6) is 1.17. The number of piperidine rings is 1. The lowest BCUT2D eigenvalue weighted by molar-refractivity contribution is -0.134. The van der Waals surface area contributed by atoms with Crippen LogP contribution in [-0.4, -0.2) is 42.5 Å². The summed E-state index contributed by atoms with van der Waals surface area (Å²) < 4.78 is 5.67. The normalized spacial score (nSPS) is 19.0. The van der Waals surface area contributed by atoms with E-state index in [4.69, 9.17) is 4.74 Å². The van der Waals surface area contributed by atoms with Gasteiger partial charge in [0.25, 0.3) is 5.91 Å². The van der Waals surface area contributed by atoms with Gasteiger partial charge in [-0.1, -0.05) is 25.3 Å². The molecule has 1 aliphatic carbocycles. The van der Waals surface area contributed by atoms with Crippen molar-refractivity contribution in [3.63, 3.8) is 0 Å².